The van der Waals surface area contributed by atoms with Gasteiger partial charge in [-0.1, -0.05) is 6.07 Å². The number of esters is 1. The maximum atomic E-state index is 11.0. The van der Waals surface area contributed by atoms with Crippen LogP contribution in [0.2, 0.25) is 0 Å². The lowest BCUT2D eigenvalue weighted by Crippen LogP contribution is -2.14. The van der Waals surface area contributed by atoms with Crippen molar-refractivity contribution in [2.45, 2.75) is 25.8 Å². The fourth-order valence-corrected chi connectivity index (χ4v) is 1.74. The van der Waals surface area contributed by atoms with E-state index in [2.05, 4.69) is 4.74 Å². The van der Waals surface area contributed by atoms with Gasteiger partial charge in [0.15, 0.2) is 6.29 Å². The molecule has 0 amide bonds. The summed E-state index contributed by atoms with van der Waals surface area (Å²) >= 11 is 0. The Morgan fingerprint density at radius 3 is 2.78 bits per heavy atom. The fourth-order valence-electron chi connectivity index (χ4n) is 1.74. The summed E-state index contributed by atoms with van der Waals surface area (Å²) in [7, 11) is 1.31. The number of carbonyl (C=O) groups is 2. The highest BCUT2D eigenvalue weighted by molar-refractivity contribution is 5.80. The zero-order valence-corrected chi connectivity index (χ0v) is 10.5. The number of nitrogens with two attached hydrogens (primary N) is 1. The summed E-state index contributed by atoms with van der Waals surface area (Å²) in [5, 5.41) is 9.88. The van der Waals surface area contributed by atoms with Crippen molar-refractivity contribution in [1.82, 2.24) is 0 Å². The number of carbonyl (C=O) groups excluding carboxylic acids is 2. The predicted molar refractivity (Wildman–Crippen MR) is 66.4 cm³/mol. The third kappa shape index (κ3) is 3.30. The molecule has 1 aromatic carbocycles. The molecular weight excluding hydrogens is 234 g/mol. The molecule has 1 aromatic rings. The molecule has 0 bridgehead atoms. The SMILES string of the molecule is COC(=O)CC[C@@H](N)c1cc(C)cc(C=O)c1O. The highest BCUT2D eigenvalue weighted by atomic mass is 16.5. The van der Waals surface area contributed by atoms with Crippen LogP contribution in [0.4, 0.5) is 0 Å². The Hall–Kier alpha value is -1.88. The Balaban J connectivity index is 2.91. The maximum Gasteiger partial charge on any atom is 0.305 e. The molecule has 5 nitrogen and oxygen atoms in total. The average Bonchev–Trinajstić information content (AvgIpc) is 2.37. The second-order valence-corrected chi connectivity index (χ2v) is 4.13. The Labute approximate surface area is 106 Å². The van der Waals surface area contributed by atoms with Gasteiger partial charge in [-0.2, -0.15) is 0 Å². The van der Waals surface area contributed by atoms with E-state index in [1.807, 2.05) is 6.92 Å². The molecule has 1 rings (SSSR count). The third-order valence-electron chi connectivity index (χ3n) is 2.73. The van der Waals surface area contributed by atoms with E-state index < -0.39 is 6.04 Å². The lowest BCUT2D eigenvalue weighted by molar-refractivity contribution is -0.140. The molecule has 0 saturated heterocycles. The number of methoxy groups -OCH3 is 1. The molecule has 0 heterocycles. The number of aromatic hydroxyl groups is 1. The van der Waals surface area contributed by atoms with Gasteiger partial charge >= 0.3 is 5.97 Å². The minimum absolute atomic E-state index is 0.118. The molecule has 18 heavy (non-hydrogen) atoms. The molecule has 0 radical (unpaired) electrons. The van der Waals surface area contributed by atoms with Crippen LogP contribution in [0.3, 0.4) is 0 Å². The van der Waals surface area contributed by atoms with Gasteiger partial charge in [-0.25, -0.2) is 0 Å². The Bertz CT molecular complexity index is 457. The van der Waals surface area contributed by atoms with E-state index in [1.54, 1.807) is 12.1 Å². The molecule has 0 aromatic heterocycles. The van der Waals surface area contributed by atoms with E-state index in [0.29, 0.717) is 18.3 Å². The van der Waals surface area contributed by atoms with E-state index in [1.165, 1.54) is 7.11 Å². The molecule has 0 unspecified atom stereocenters. The van der Waals surface area contributed by atoms with Gasteiger partial charge in [0.05, 0.1) is 12.7 Å². The van der Waals surface area contributed by atoms with Crippen molar-refractivity contribution in [3.05, 3.63) is 28.8 Å². The van der Waals surface area contributed by atoms with Crippen LogP contribution in [-0.4, -0.2) is 24.5 Å². The monoisotopic (exact) mass is 251 g/mol. The maximum absolute atomic E-state index is 11.0. The van der Waals surface area contributed by atoms with Gasteiger partial charge in [-0.05, 0) is 25.0 Å². The molecule has 0 saturated carbocycles. The first kappa shape index (κ1) is 14.2. The van der Waals surface area contributed by atoms with Crippen molar-refractivity contribution in [2.24, 2.45) is 5.73 Å². The minimum Gasteiger partial charge on any atom is -0.507 e. The average molecular weight is 251 g/mol. The summed E-state index contributed by atoms with van der Waals surface area (Å²) in [4.78, 5) is 21.8. The standard InChI is InChI=1S/C13H17NO4/c1-8-5-9(7-15)13(17)10(6-8)11(14)3-4-12(16)18-2/h5-7,11,17H,3-4,14H2,1-2H3/t11-/m1/s1. The van der Waals surface area contributed by atoms with Gasteiger partial charge in [0.1, 0.15) is 5.75 Å². The smallest absolute Gasteiger partial charge is 0.305 e. The second kappa shape index (κ2) is 6.16. The first-order valence-corrected chi connectivity index (χ1v) is 5.60. The zero-order valence-electron chi connectivity index (χ0n) is 10.5. The predicted octanol–water partition coefficient (Wildman–Crippen LogP) is 1.47. The van der Waals surface area contributed by atoms with Crippen molar-refractivity contribution in [3.8, 4) is 5.75 Å². The lowest BCUT2D eigenvalue weighted by atomic mass is 9.97. The van der Waals surface area contributed by atoms with Gasteiger partial charge in [0.2, 0.25) is 0 Å². The molecule has 5 heteroatoms. The Kier molecular flexibility index (Phi) is 4.85. The van der Waals surface area contributed by atoms with Crippen LogP contribution >= 0.6 is 0 Å². The number of aryl methyl sites for hydroxylation is 1. The fraction of sp³-hybridized carbons (Fsp3) is 0.385. The van der Waals surface area contributed by atoms with E-state index in [-0.39, 0.29) is 23.7 Å². The number of phenolic OH excluding ortho intramolecular Hbond substituents is 1. The van der Waals surface area contributed by atoms with Crippen LogP contribution in [0, 0.1) is 6.92 Å². The van der Waals surface area contributed by atoms with Crippen LogP contribution in [0.1, 0.15) is 40.4 Å². The van der Waals surface area contributed by atoms with Crippen LogP contribution in [-0.2, 0) is 9.53 Å². The Morgan fingerprint density at radius 1 is 1.56 bits per heavy atom. The number of ether oxygens (including phenoxy) is 1. The minimum atomic E-state index is -0.511. The van der Waals surface area contributed by atoms with Gasteiger partial charge in [0.25, 0.3) is 0 Å². The van der Waals surface area contributed by atoms with Gasteiger partial charge in [-0.3, -0.25) is 9.59 Å². The molecule has 0 fully saturated rings. The summed E-state index contributed by atoms with van der Waals surface area (Å²) in [6.45, 7) is 1.81. The van der Waals surface area contributed by atoms with Gasteiger partial charge in [0, 0.05) is 18.0 Å². The highest BCUT2D eigenvalue weighted by Gasteiger charge is 2.16. The van der Waals surface area contributed by atoms with Crippen molar-refractivity contribution < 1.29 is 19.4 Å². The number of benzene rings is 1. The molecule has 98 valence electrons. The van der Waals surface area contributed by atoms with Crippen molar-refractivity contribution in [1.29, 1.82) is 0 Å². The summed E-state index contributed by atoms with van der Waals surface area (Å²) in [5.41, 5.74) is 7.42. The normalized spacial score (nSPS) is 11.9. The van der Waals surface area contributed by atoms with Crippen LogP contribution < -0.4 is 5.73 Å². The van der Waals surface area contributed by atoms with E-state index in [9.17, 15) is 14.7 Å². The first-order chi connectivity index (χ1) is 8.49. The molecular formula is C13H17NO4. The Morgan fingerprint density at radius 2 is 2.22 bits per heavy atom. The lowest BCUT2D eigenvalue weighted by Gasteiger charge is -2.15. The molecule has 0 aliphatic rings. The number of aldehydes is 1. The molecule has 0 aliphatic heterocycles. The summed E-state index contributed by atoms with van der Waals surface area (Å²) in [5.74, 6) is -0.471. The van der Waals surface area contributed by atoms with E-state index in [0.717, 1.165) is 5.56 Å². The molecule has 3 N–H and O–H groups in total. The number of hydrogen-bond acceptors (Lipinski definition) is 5. The summed E-state index contributed by atoms with van der Waals surface area (Å²) < 4.78 is 4.52. The summed E-state index contributed by atoms with van der Waals surface area (Å²) in [6.07, 6.45) is 1.10. The quantitative estimate of drug-likeness (QED) is 0.611. The first-order valence-electron chi connectivity index (χ1n) is 5.60. The van der Waals surface area contributed by atoms with Crippen LogP contribution in [0.25, 0.3) is 0 Å². The molecule has 1 atom stereocenters. The topological polar surface area (TPSA) is 89.6 Å². The van der Waals surface area contributed by atoms with Gasteiger partial charge < -0.3 is 15.6 Å². The van der Waals surface area contributed by atoms with E-state index in [4.69, 9.17) is 5.73 Å². The van der Waals surface area contributed by atoms with Crippen molar-refractivity contribution >= 4 is 12.3 Å². The van der Waals surface area contributed by atoms with Crippen LogP contribution in [0.15, 0.2) is 12.1 Å². The summed E-state index contributed by atoms with van der Waals surface area (Å²) in [6, 6.07) is 2.78. The van der Waals surface area contributed by atoms with Gasteiger partial charge in [-0.15, -0.1) is 0 Å². The molecule has 0 spiro atoms. The number of rotatable bonds is 5. The van der Waals surface area contributed by atoms with Crippen molar-refractivity contribution in [2.75, 3.05) is 7.11 Å². The largest absolute Gasteiger partial charge is 0.507 e. The van der Waals surface area contributed by atoms with Crippen molar-refractivity contribution in [3.63, 3.8) is 0 Å². The second-order valence-electron chi connectivity index (χ2n) is 4.13. The highest BCUT2D eigenvalue weighted by Crippen LogP contribution is 2.29. The molecule has 0 aliphatic carbocycles. The number of phenols is 1. The third-order valence-corrected chi connectivity index (χ3v) is 2.73. The zero-order chi connectivity index (χ0) is 13.7. The number of hydrogen-bond donors (Lipinski definition) is 2. The van der Waals surface area contributed by atoms with Crippen LogP contribution in [0.5, 0.6) is 5.75 Å². The van der Waals surface area contributed by atoms with E-state index >= 15 is 0 Å².